The van der Waals surface area contributed by atoms with Crippen LogP contribution in [0.4, 0.5) is 37.7 Å². The van der Waals surface area contributed by atoms with Crippen LogP contribution < -0.4 is 5.32 Å². The van der Waals surface area contributed by atoms with E-state index in [-0.39, 0.29) is 11.4 Å². The number of rotatable bonds is 3. The maximum absolute atomic E-state index is 12.9. The molecule has 0 spiro atoms. The first-order chi connectivity index (χ1) is 12.6. The van der Waals surface area contributed by atoms with Crippen molar-refractivity contribution in [1.82, 2.24) is 0 Å². The molecule has 2 aromatic rings. The van der Waals surface area contributed by atoms with Gasteiger partial charge in [0.2, 0.25) is 0 Å². The van der Waals surface area contributed by atoms with Crippen molar-refractivity contribution in [2.75, 3.05) is 5.32 Å². The molecule has 0 aromatic heterocycles. The van der Waals surface area contributed by atoms with Gasteiger partial charge in [0, 0.05) is 6.34 Å². The Hall–Kier alpha value is -3.53. The molecule has 0 aliphatic carbocycles. The molecule has 0 amide bonds. The van der Waals surface area contributed by atoms with E-state index in [9.17, 15) is 26.3 Å². The Morgan fingerprint density at radius 1 is 0.815 bits per heavy atom. The quantitative estimate of drug-likeness (QED) is 0.264. The minimum atomic E-state index is -4.77. The molecule has 0 heterocycles. The van der Waals surface area contributed by atoms with Crippen LogP contribution in [-0.2, 0) is 12.4 Å². The second-order valence-corrected chi connectivity index (χ2v) is 5.06. The van der Waals surface area contributed by atoms with Gasteiger partial charge in [-0.25, -0.2) is 0 Å². The van der Waals surface area contributed by atoms with Gasteiger partial charge in [-0.05, 0) is 5.69 Å². The van der Waals surface area contributed by atoms with Gasteiger partial charge in [-0.3, -0.25) is 0 Å². The monoisotopic (exact) mass is 381 g/mol. The molecule has 4 nitrogen and oxygen atoms in total. The third-order valence-electron chi connectivity index (χ3n) is 3.26. The smallest absolute Gasteiger partial charge is 0.416 e. The largest absolute Gasteiger partial charge is 0.452 e. The highest BCUT2D eigenvalue weighted by molar-refractivity contribution is 5.78. The van der Waals surface area contributed by atoms with Crippen LogP contribution in [-0.4, -0.2) is 6.34 Å². The van der Waals surface area contributed by atoms with Crippen molar-refractivity contribution < 1.29 is 26.3 Å². The lowest BCUT2D eigenvalue weighted by molar-refractivity contribution is -0.138. The lowest BCUT2D eigenvalue weighted by Crippen LogP contribution is -2.09. The van der Waals surface area contributed by atoms with E-state index in [1.807, 2.05) is 0 Å². The molecule has 0 aliphatic rings. The van der Waals surface area contributed by atoms with Crippen LogP contribution in [0.25, 0.3) is 0 Å². The number of nitrogens with zero attached hydrogens (tertiary/aromatic N) is 3. The van der Waals surface area contributed by atoms with Crippen molar-refractivity contribution >= 4 is 17.7 Å². The van der Waals surface area contributed by atoms with Gasteiger partial charge in [-0.15, -0.1) is 0 Å². The van der Waals surface area contributed by atoms with Gasteiger partial charge in [0.05, 0.1) is 34.4 Å². The Balaban J connectivity index is 2.27. The summed E-state index contributed by atoms with van der Waals surface area (Å²) < 4.78 is 77.2. The number of hydrogen-bond donors (Lipinski definition) is 1. The van der Waals surface area contributed by atoms with Crippen molar-refractivity contribution in [2.24, 2.45) is 4.99 Å². The summed E-state index contributed by atoms with van der Waals surface area (Å²) in [6, 6.07) is 8.26. The average Bonchev–Trinajstić information content (AvgIpc) is 2.60. The summed E-state index contributed by atoms with van der Waals surface area (Å²) in [6.45, 7) is 0. The Labute approximate surface area is 149 Å². The fourth-order valence-electron chi connectivity index (χ4n) is 2.04. The summed E-state index contributed by atoms with van der Waals surface area (Å²) >= 11 is 0. The van der Waals surface area contributed by atoms with Crippen molar-refractivity contribution in [3.05, 3.63) is 58.7 Å². The molecule has 2 rings (SSSR count). The molecule has 0 bridgehead atoms. The predicted octanol–water partition coefficient (Wildman–Crippen LogP) is 5.12. The van der Waals surface area contributed by atoms with Crippen LogP contribution in [0.5, 0.6) is 0 Å². The number of nitriles is 2. The molecular formula is C17H7F6N4-. The average molecular weight is 381 g/mol. The number of benzene rings is 2. The van der Waals surface area contributed by atoms with Crippen LogP contribution in [0.15, 0.2) is 41.4 Å². The summed E-state index contributed by atoms with van der Waals surface area (Å²) in [7, 11) is 0. The predicted molar refractivity (Wildman–Crippen MR) is 83.0 cm³/mol. The van der Waals surface area contributed by atoms with Gasteiger partial charge in [0.1, 0.15) is 0 Å². The molecule has 0 saturated carbocycles. The van der Waals surface area contributed by atoms with Gasteiger partial charge in [-0.1, -0.05) is 42.1 Å². The minimum absolute atomic E-state index is 0.116. The zero-order chi connectivity index (χ0) is 20.2. The summed E-state index contributed by atoms with van der Waals surface area (Å²) in [4.78, 5) is 3.57. The van der Waals surface area contributed by atoms with Crippen LogP contribution in [0.2, 0.25) is 0 Å². The van der Waals surface area contributed by atoms with Crippen LogP contribution in [0.1, 0.15) is 22.3 Å². The second-order valence-electron chi connectivity index (χ2n) is 5.06. The number of nitrogens with one attached hydrogen (secondary N) is 1. The molecule has 2 aromatic carbocycles. The molecule has 138 valence electrons. The number of hydrogen-bond acceptors (Lipinski definition) is 3. The minimum Gasteiger partial charge on any atom is -0.452 e. The fourth-order valence-corrected chi connectivity index (χ4v) is 2.04. The molecule has 0 aliphatic heterocycles. The highest BCUT2D eigenvalue weighted by Gasteiger charge is 2.33. The first-order valence-electron chi connectivity index (χ1n) is 7.00. The number of anilines is 1. The number of alkyl halides is 6. The van der Waals surface area contributed by atoms with Gasteiger partial charge in [0.15, 0.2) is 0 Å². The van der Waals surface area contributed by atoms with E-state index in [2.05, 4.69) is 16.6 Å². The zero-order valence-electron chi connectivity index (χ0n) is 13.1. The van der Waals surface area contributed by atoms with Crippen LogP contribution in [0, 0.1) is 22.7 Å². The molecule has 0 radical (unpaired) electrons. The highest BCUT2D eigenvalue weighted by Crippen LogP contribution is 2.35. The van der Waals surface area contributed by atoms with E-state index in [1.165, 1.54) is 12.1 Å². The van der Waals surface area contributed by atoms with Crippen molar-refractivity contribution in [3.8, 4) is 12.1 Å². The van der Waals surface area contributed by atoms with E-state index in [0.717, 1.165) is 24.3 Å². The van der Waals surface area contributed by atoms with E-state index >= 15 is 0 Å². The van der Waals surface area contributed by atoms with E-state index in [1.54, 1.807) is 0 Å². The summed E-state index contributed by atoms with van der Waals surface area (Å²) in [5.41, 5.74) is -3.85. The lowest BCUT2D eigenvalue weighted by Gasteiger charge is -2.14. The summed E-state index contributed by atoms with van der Waals surface area (Å²) in [5, 5.41) is 19.7. The number of halogens is 6. The normalized spacial score (nSPS) is 11.9. The zero-order valence-corrected chi connectivity index (χ0v) is 13.1. The SMILES string of the molecule is N#Cc1ccc(N=[C-]Nc2ccc(C#N)c(C(F)(F)F)c2)cc1C(F)(F)F. The maximum atomic E-state index is 12.9. The maximum Gasteiger partial charge on any atom is 0.416 e. The lowest BCUT2D eigenvalue weighted by atomic mass is 10.1. The van der Waals surface area contributed by atoms with E-state index in [0.29, 0.717) is 12.1 Å². The standard InChI is InChI=1S/C17H7F6N4/c18-16(19,20)14-5-12(3-1-10(14)7-24)26-9-27-13-4-2-11(8-25)15(6-13)17(21,22)23/h1-6H,(H,26,27)/q-1. The first kappa shape index (κ1) is 19.8. The molecule has 27 heavy (non-hydrogen) atoms. The van der Waals surface area contributed by atoms with Crippen LogP contribution in [0.3, 0.4) is 0 Å². The topological polar surface area (TPSA) is 72.0 Å². The summed E-state index contributed by atoms with van der Waals surface area (Å²) in [5.74, 6) is 0. The molecular weight excluding hydrogens is 374 g/mol. The molecule has 0 fully saturated rings. The third-order valence-corrected chi connectivity index (χ3v) is 3.26. The van der Waals surface area contributed by atoms with Gasteiger partial charge < -0.3 is 10.3 Å². The first-order valence-corrected chi connectivity index (χ1v) is 7.00. The molecule has 1 N–H and O–H groups in total. The Morgan fingerprint density at radius 2 is 1.33 bits per heavy atom. The van der Waals surface area contributed by atoms with Gasteiger partial charge in [-0.2, -0.15) is 36.9 Å². The number of aliphatic imine (C=N–C) groups is 1. The van der Waals surface area contributed by atoms with Gasteiger partial charge >= 0.3 is 12.4 Å². The Morgan fingerprint density at radius 3 is 1.85 bits per heavy atom. The van der Waals surface area contributed by atoms with Gasteiger partial charge in [0.25, 0.3) is 0 Å². The van der Waals surface area contributed by atoms with Crippen molar-refractivity contribution in [2.45, 2.75) is 12.4 Å². The fraction of sp³-hybridized carbons (Fsp3) is 0.118. The van der Waals surface area contributed by atoms with Crippen molar-refractivity contribution in [3.63, 3.8) is 0 Å². The Kier molecular flexibility index (Phi) is 5.41. The second kappa shape index (κ2) is 7.38. The van der Waals surface area contributed by atoms with Crippen molar-refractivity contribution in [1.29, 1.82) is 10.5 Å². The molecule has 0 atom stereocenters. The highest BCUT2D eigenvalue weighted by atomic mass is 19.4. The molecule has 0 saturated heterocycles. The Bertz CT molecular complexity index is 961. The molecule has 0 unspecified atom stereocenters. The van der Waals surface area contributed by atoms with E-state index in [4.69, 9.17) is 10.5 Å². The third kappa shape index (κ3) is 4.76. The summed E-state index contributed by atoms with van der Waals surface area (Å²) in [6.07, 6.45) is -7.40. The van der Waals surface area contributed by atoms with Crippen LogP contribution >= 0.6 is 0 Å². The molecule has 10 heteroatoms. The van der Waals surface area contributed by atoms with E-state index < -0.39 is 34.6 Å².